The minimum absolute atomic E-state index is 0.248. The van der Waals surface area contributed by atoms with Gasteiger partial charge in [0.05, 0.1) is 0 Å². The number of ether oxygens (including phenoxy) is 1. The Morgan fingerprint density at radius 3 is 2.24 bits per heavy atom. The van der Waals surface area contributed by atoms with E-state index in [2.05, 4.69) is 0 Å². The van der Waals surface area contributed by atoms with E-state index in [-0.39, 0.29) is 4.90 Å². The number of hydrogen-bond acceptors (Lipinski definition) is 4. The molecule has 1 saturated heterocycles. The van der Waals surface area contributed by atoms with Gasteiger partial charge in [0.1, 0.15) is 0 Å². The topological polar surface area (TPSA) is 63.7 Å². The van der Waals surface area contributed by atoms with Crippen LogP contribution in [0.25, 0.3) is 0 Å². The third-order valence-electron chi connectivity index (χ3n) is 2.55. The van der Waals surface area contributed by atoms with Gasteiger partial charge in [-0.05, 0) is 0 Å². The molecule has 1 fully saturated rings. The van der Waals surface area contributed by atoms with E-state index < -0.39 is 25.7 Å². The van der Waals surface area contributed by atoms with Crippen LogP contribution in [-0.2, 0) is 18.5 Å². The number of hydrogen-bond donors (Lipinski definition) is 0. The second-order valence-electron chi connectivity index (χ2n) is 3.60. The fourth-order valence-corrected chi connectivity index (χ4v) is 3.59. The van der Waals surface area contributed by atoms with Crippen molar-refractivity contribution in [1.82, 2.24) is 4.31 Å². The molecule has 0 bridgehead atoms. The molecule has 0 aromatic heterocycles. The molecule has 0 spiro atoms. The van der Waals surface area contributed by atoms with Crippen molar-refractivity contribution in [3.8, 4) is 0 Å². The summed E-state index contributed by atoms with van der Waals surface area (Å²) in [7, 11) is -3.43. The molecule has 5 nitrogen and oxygen atoms in total. The predicted molar refractivity (Wildman–Crippen MR) is 62.1 cm³/mol. The van der Waals surface area contributed by atoms with Crippen molar-refractivity contribution in [2.45, 2.75) is 4.90 Å². The van der Waals surface area contributed by atoms with Gasteiger partial charge in [0, 0.05) is 0 Å². The fourth-order valence-electron chi connectivity index (χ4n) is 1.61. The van der Waals surface area contributed by atoms with E-state index in [4.69, 9.17) is 4.74 Å². The molecule has 1 aliphatic heterocycles. The molecule has 1 heterocycles. The van der Waals surface area contributed by atoms with E-state index in [0.29, 0.717) is 30.7 Å². The van der Waals surface area contributed by atoms with Crippen molar-refractivity contribution in [3.63, 3.8) is 0 Å². The zero-order valence-corrected chi connectivity index (χ0v) is 11.8. The van der Waals surface area contributed by atoms with E-state index in [9.17, 15) is 12.2 Å². The van der Waals surface area contributed by atoms with Crippen molar-refractivity contribution >= 4 is 30.1 Å². The van der Waals surface area contributed by atoms with Crippen molar-refractivity contribution in [3.05, 3.63) is 24.3 Å². The molecule has 0 radical (unpaired) electrons. The molecule has 0 amide bonds. The summed E-state index contributed by atoms with van der Waals surface area (Å²) in [6, 6.07) is 6.21. The molecule has 17 heavy (non-hydrogen) atoms. The fraction of sp³-hybridized carbons (Fsp3) is 0.400. The Balaban J connectivity index is 2.26. The molecule has 2 rings (SSSR count). The Bertz CT molecular complexity index is 494. The molecule has 0 saturated carbocycles. The van der Waals surface area contributed by atoms with Gasteiger partial charge >= 0.3 is 107 Å². The van der Waals surface area contributed by atoms with Gasteiger partial charge in [-0.25, -0.2) is 0 Å². The van der Waals surface area contributed by atoms with E-state index in [0.717, 1.165) is 0 Å². The van der Waals surface area contributed by atoms with Gasteiger partial charge in [-0.15, -0.1) is 0 Å². The van der Waals surface area contributed by atoms with Gasteiger partial charge < -0.3 is 0 Å². The summed E-state index contributed by atoms with van der Waals surface area (Å²) < 4.78 is 42.3. The minimum atomic E-state index is -3.43. The van der Waals surface area contributed by atoms with Crippen molar-refractivity contribution in [2.75, 3.05) is 26.3 Å². The first-order chi connectivity index (χ1) is 8.14. The molecule has 0 N–H and O–H groups in total. The first-order valence-corrected chi connectivity index (χ1v) is 8.30. The van der Waals surface area contributed by atoms with Crippen molar-refractivity contribution in [1.29, 1.82) is 0 Å². The maximum atomic E-state index is 12.2. The summed E-state index contributed by atoms with van der Waals surface area (Å²) in [5.41, 5.74) is 0. The molecular formula is C10H12AsNO4S. The van der Waals surface area contributed by atoms with Gasteiger partial charge in [-0.1, -0.05) is 0 Å². The normalized spacial score (nSPS) is 18.4. The SMILES string of the molecule is O=[As]c1ccc(S(=O)(=O)N2CCOCC2)cc1. The van der Waals surface area contributed by atoms with Crippen molar-refractivity contribution < 1.29 is 16.9 Å². The van der Waals surface area contributed by atoms with Crippen LogP contribution in [-0.4, -0.2) is 54.7 Å². The monoisotopic (exact) mass is 317 g/mol. The van der Waals surface area contributed by atoms with E-state index in [1.165, 1.54) is 16.4 Å². The molecule has 1 aliphatic rings. The maximum absolute atomic E-state index is 12.2. The molecule has 92 valence electrons. The van der Waals surface area contributed by atoms with Gasteiger partial charge in [-0.3, -0.25) is 0 Å². The molecule has 0 atom stereocenters. The van der Waals surface area contributed by atoms with Crippen LogP contribution in [0.5, 0.6) is 0 Å². The zero-order valence-electron chi connectivity index (χ0n) is 9.07. The Kier molecular flexibility index (Phi) is 4.09. The van der Waals surface area contributed by atoms with Crippen LogP contribution in [0.4, 0.5) is 0 Å². The molecule has 7 heteroatoms. The molecule has 1 aromatic rings. The number of morpholine rings is 1. The molecule has 0 aliphatic carbocycles. The summed E-state index contributed by atoms with van der Waals surface area (Å²) in [4.78, 5) is 0.248. The van der Waals surface area contributed by atoms with E-state index >= 15 is 0 Å². The average Bonchev–Trinajstić information content (AvgIpc) is 2.40. The Morgan fingerprint density at radius 2 is 1.71 bits per heavy atom. The third kappa shape index (κ3) is 2.83. The first-order valence-electron chi connectivity index (χ1n) is 5.16. The Labute approximate surface area is 107 Å². The summed E-state index contributed by atoms with van der Waals surface area (Å²) in [5.74, 6) is 0. The molecular weight excluding hydrogens is 305 g/mol. The van der Waals surface area contributed by atoms with Crippen LogP contribution in [0.1, 0.15) is 0 Å². The predicted octanol–water partition coefficient (Wildman–Crippen LogP) is -0.617. The average molecular weight is 317 g/mol. The van der Waals surface area contributed by atoms with E-state index in [1.54, 1.807) is 12.1 Å². The Morgan fingerprint density at radius 1 is 1.12 bits per heavy atom. The number of nitrogens with zero attached hydrogens (tertiary/aromatic N) is 1. The molecule has 1 aromatic carbocycles. The van der Waals surface area contributed by atoms with Crippen LogP contribution in [0, 0.1) is 0 Å². The van der Waals surface area contributed by atoms with Gasteiger partial charge in [0.15, 0.2) is 0 Å². The first kappa shape index (κ1) is 12.9. The Hall–Kier alpha value is -0.552. The summed E-state index contributed by atoms with van der Waals surface area (Å²) in [6.07, 6.45) is 0. The summed E-state index contributed by atoms with van der Waals surface area (Å²) in [5, 5.41) is 0. The quantitative estimate of drug-likeness (QED) is 0.697. The van der Waals surface area contributed by atoms with Crippen LogP contribution in [0.2, 0.25) is 0 Å². The van der Waals surface area contributed by atoms with E-state index in [1.807, 2.05) is 0 Å². The van der Waals surface area contributed by atoms with Crippen LogP contribution < -0.4 is 4.35 Å². The second-order valence-corrected chi connectivity index (χ2v) is 7.01. The van der Waals surface area contributed by atoms with Gasteiger partial charge in [0.25, 0.3) is 0 Å². The number of benzene rings is 1. The summed E-state index contributed by atoms with van der Waals surface area (Å²) in [6.45, 7) is 1.64. The standard InChI is InChI=1S/C10H12AsNO4S/c13-11-9-1-3-10(4-2-9)17(14,15)12-5-7-16-8-6-12/h1-4H,5-8H2. The zero-order chi connectivity index (χ0) is 12.3. The third-order valence-corrected chi connectivity index (χ3v) is 5.53. The van der Waals surface area contributed by atoms with Crippen LogP contribution >= 0.6 is 0 Å². The number of rotatable bonds is 3. The van der Waals surface area contributed by atoms with Crippen molar-refractivity contribution in [2.24, 2.45) is 0 Å². The van der Waals surface area contributed by atoms with Crippen LogP contribution in [0.15, 0.2) is 29.2 Å². The van der Waals surface area contributed by atoms with Crippen LogP contribution in [0.3, 0.4) is 0 Å². The van der Waals surface area contributed by atoms with Gasteiger partial charge in [0.2, 0.25) is 0 Å². The summed E-state index contributed by atoms with van der Waals surface area (Å²) >= 11 is -1.10. The molecule has 0 unspecified atom stereocenters. The van der Waals surface area contributed by atoms with Gasteiger partial charge in [-0.2, -0.15) is 0 Å². The second kappa shape index (κ2) is 5.40. The number of sulfonamides is 1.